The van der Waals surface area contributed by atoms with Gasteiger partial charge in [0.05, 0.1) is 6.61 Å². The van der Waals surface area contributed by atoms with E-state index in [-0.39, 0.29) is 0 Å². The molecule has 1 N–H and O–H groups in total. The summed E-state index contributed by atoms with van der Waals surface area (Å²) in [4.78, 5) is 11.1. The van der Waals surface area contributed by atoms with Gasteiger partial charge in [-0.25, -0.2) is 4.79 Å². The number of aryl methyl sites for hydroxylation is 1. The zero-order chi connectivity index (χ0) is 10.6. The molecule has 0 aliphatic rings. The number of benzene rings is 1. The number of ether oxygens (including phenoxy) is 1. The maximum atomic E-state index is 11.1. The third-order valence-corrected chi connectivity index (χ3v) is 2.57. The molecule has 0 bridgehead atoms. The molecule has 0 aliphatic heterocycles. The van der Waals surface area contributed by atoms with Crippen molar-refractivity contribution in [2.24, 2.45) is 0 Å². The van der Waals surface area contributed by atoms with Gasteiger partial charge in [-0.15, -0.1) is 0 Å². The standard InChI is InChI=1S/C10H12BrNO2/c1-3-14-10(13)12-8-4-5-9(11)7(2)6-8/h4-6H,3H2,1-2H3,(H,12,13). The van der Waals surface area contributed by atoms with Crippen molar-refractivity contribution >= 4 is 27.7 Å². The Morgan fingerprint density at radius 3 is 2.86 bits per heavy atom. The first-order valence-corrected chi connectivity index (χ1v) is 5.12. The number of amides is 1. The predicted octanol–water partition coefficient (Wildman–Crippen LogP) is 3.33. The number of anilines is 1. The summed E-state index contributed by atoms with van der Waals surface area (Å²) in [6, 6.07) is 5.58. The number of hydrogen-bond acceptors (Lipinski definition) is 2. The van der Waals surface area contributed by atoms with Crippen molar-refractivity contribution in [3.63, 3.8) is 0 Å². The molecule has 4 heteroatoms. The maximum absolute atomic E-state index is 11.1. The van der Waals surface area contributed by atoms with E-state index < -0.39 is 6.09 Å². The van der Waals surface area contributed by atoms with Crippen LogP contribution >= 0.6 is 15.9 Å². The minimum Gasteiger partial charge on any atom is -0.450 e. The van der Waals surface area contributed by atoms with Crippen LogP contribution in [0.3, 0.4) is 0 Å². The Hall–Kier alpha value is -1.03. The van der Waals surface area contributed by atoms with Gasteiger partial charge in [-0.05, 0) is 37.6 Å². The summed E-state index contributed by atoms with van der Waals surface area (Å²) in [6.07, 6.45) is -0.422. The Morgan fingerprint density at radius 2 is 2.29 bits per heavy atom. The van der Waals surface area contributed by atoms with E-state index in [1.807, 2.05) is 25.1 Å². The number of carbonyl (C=O) groups excluding carboxylic acids is 1. The number of hydrogen-bond donors (Lipinski definition) is 1. The molecule has 3 nitrogen and oxygen atoms in total. The third kappa shape index (κ3) is 3.03. The lowest BCUT2D eigenvalue weighted by molar-refractivity contribution is 0.168. The second kappa shape index (κ2) is 5.00. The topological polar surface area (TPSA) is 38.3 Å². The molecule has 0 aliphatic carbocycles. The zero-order valence-corrected chi connectivity index (χ0v) is 9.72. The zero-order valence-electron chi connectivity index (χ0n) is 8.13. The second-order valence-electron chi connectivity index (χ2n) is 2.81. The molecule has 14 heavy (non-hydrogen) atoms. The van der Waals surface area contributed by atoms with Gasteiger partial charge in [-0.1, -0.05) is 15.9 Å². The van der Waals surface area contributed by atoms with E-state index in [2.05, 4.69) is 21.2 Å². The van der Waals surface area contributed by atoms with Crippen LogP contribution in [0.1, 0.15) is 12.5 Å². The van der Waals surface area contributed by atoms with Crippen LogP contribution in [0, 0.1) is 6.92 Å². The van der Waals surface area contributed by atoms with Crippen molar-refractivity contribution in [2.45, 2.75) is 13.8 Å². The van der Waals surface area contributed by atoms with Crippen LogP contribution in [0.5, 0.6) is 0 Å². The van der Waals surface area contributed by atoms with Crippen LogP contribution in [0.4, 0.5) is 10.5 Å². The van der Waals surface area contributed by atoms with Crippen LogP contribution in [0.15, 0.2) is 22.7 Å². The minimum atomic E-state index is -0.422. The van der Waals surface area contributed by atoms with Crippen molar-refractivity contribution in [3.8, 4) is 0 Å². The van der Waals surface area contributed by atoms with Crippen LogP contribution in [-0.4, -0.2) is 12.7 Å². The molecule has 1 aromatic rings. The number of carbonyl (C=O) groups is 1. The Kier molecular flexibility index (Phi) is 3.95. The van der Waals surface area contributed by atoms with Crippen molar-refractivity contribution in [1.29, 1.82) is 0 Å². The van der Waals surface area contributed by atoms with Gasteiger partial charge in [0, 0.05) is 10.2 Å². The fourth-order valence-electron chi connectivity index (χ4n) is 1.01. The lowest BCUT2D eigenvalue weighted by Gasteiger charge is -2.06. The quantitative estimate of drug-likeness (QED) is 0.883. The van der Waals surface area contributed by atoms with E-state index in [0.29, 0.717) is 6.61 Å². The lowest BCUT2D eigenvalue weighted by Crippen LogP contribution is -2.13. The van der Waals surface area contributed by atoms with E-state index in [4.69, 9.17) is 4.74 Å². The van der Waals surface area contributed by atoms with Gasteiger partial charge in [0.2, 0.25) is 0 Å². The highest BCUT2D eigenvalue weighted by molar-refractivity contribution is 9.10. The number of rotatable bonds is 2. The molecule has 0 spiro atoms. The molecule has 0 fully saturated rings. The SMILES string of the molecule is CCOC(=O)Nc1ccc(Br)c(C)c1. The molecule has 0 unspecified atom stereocenters. The first-order valence-electron chi connectivity index (χ1n) is 4.33. The van der Waals surface area contributed by atoms with E-state index >= 15 is 0 Å². The van der Waals surface area contributed by atoms with Crippen molar-refractivity contribution in [3.05, 3.63) is 28.2 Å². The molecule has 0 saturated heterocycles. The minimum absolute atomic E-state index is 0.376. The van der Waals surface area contributed by atoms with Crippen molar-refractivity contribution in [1.82, 2.24) is 0 Å². The molecule has 0 radical (unpaired) electrons. The van der Waals surface area contributed by atoms with Crippen LogP contribution in [0.2, 0.25) is 0 Å². The molecule has 76 valence electrons. The monoisotopic (exact) mass is 257 g/mol. The first kappa shape index (κ1) is 11.0. The second-order valence-corrected chi connectivity index (χ2v) is 3.66. The molecule has 1 rings (SSSR count). The predicted molar refractivity (Wildman–Crippen MR) is 59.5 cm³/mol. The average Bonchev–Trinajstić information content (AvgIpc) is 2.12. The molecule has 1 amide bonds. The highest BCUT2D eigenvalue weighted by Crippen LogP contribution is 2.19. The van der Waals surface area contributed by atoms with Gasteiger partial charge >= 0.3 is 6.09 Å². The van der Waals surface area contributed by atoms with E-state index in [0.717, 1.165) is 15.7 Å². The summed E-state index contributed by atoms with van der Waals surface area (Å²) in [7, 11) is 0. The number of halogens is 1. The first-order chi connectivity index (χ1) is 6.63. The van der Waals surface area contributed by atoms with Gasteiger partial charge in [-0.2, -0.15) is 0 Å². The fourth-order valence-corrected chi connectivity index (χ4v) is 1.25. The van der Waals surface area contributed by atoms with Gasteiger partial charge in [0.25, 0.3) is 0 Å². The van der Waals surface area contributed by atoms with Crippen LogP contribution < -0.4 is 5.32 Å². The van der Waals surface area contributed by atoms with E-state index in [1.165, 1.54) is 0 Å². The third-order valence-electron chi connectivity index (χ3n) is 1.68. The Balaban J connectivity index is 2.68. The summed E-state index contributed by atoms with van der Waals surface area (Å²) >= 11 is 3.38. The van der Waals surface area contributed by atoms with Crippen LogP contribution in [-0.2, 0) is 4.74 Å². The summed E-state index contributed by atoms with van der Waals surface area (Å²) in [6.45, 7) is 4.11. The smallest absolute Gasteiger partial charge is 0.411 e. The normalized spacial score (nSPS) is 9.64. The van der Waals surface area contributed by atoms with Gasteiger partial charge in [0.15, 0.2) is 0 Å². The number of nitrogens with one attached hydrogen (secondary N) is 1. The molecule has 0 saturated carbocycles. The summed E-state index contributed by atoms with van der Waals surface area (Å²) in [5, 5.41) is 2.63. The molecule has 0 heterocycles. The Bertz CT molecular complexity index is 339. The maximum Gasteiger partial charge on any atom is 0.411 e. The Labute approximate surface area is 91.6 Å². The summed E-state index contributed by atoms with van der Waals surface area (Å²) < 4.78 is 5.77. The van der Waals surface area contributed by atoms with Gasteiger partial charge < -0.3 is 4.74 Å². The fraction of sp³-hybridized carbons (Fsp3) is 0.300. The molecular formula is C10H12BrNO2. The molecule has 1 aromatic carbocycles. The molecular weight excluding hydrogens is 246 g/mol. The highest BCUT2D eigenvalue weighted by Gasteiger charge is 2.02. The van der Waals surface area contributed by atoms with E-state index in [9.17, 15) is 4.79 Å². The van der Waals surface area contributed by atoms with E-state index in [1.54, 1.807) is 6.92 Å². The van der Waals surface area contributed by atoms with Gasteiger partial charge in [-0.3, -0.25) is 5.32 Å². The molecule has 0 atom stereocenters. The van der Waals surface area contributed by atoms with Crippen molar-refractivity contribution < 1.29 is 9.53 Å². The Morgan fingerprint density at radius 1 is 1.57 bits per heavy atom. The largest absolute Gasteiger partial charge is 0.450 e. The lowest BCUT2D eigenvalue weighted by atomic mass is 10.2. The van der Waals surface area contributed by atoms with Crippen molar-refractivity contribution in [2.75, 3.05) is 11.9 Å². The summed E-state index contributed by atoms with van der Waals surface area (Å²) in [5.41, 5.74) is 1.81. The van der Waals surface area contributed by atoms with Crippen LogP contribution in [0.25, 0.3) is 0 Å². The summed E-state index contributed by atoms with van der Waals surface area (Å²) in [5.74, 6) is 0. The van der Waals surface area contributed by atoms with Gasteiger partial charge in [0.1, 0.15) is 0 Å². The highest BCUT2D eigenvalue weighted by atomic mass is 79.9. The average molecular weight is 258 g/mol. The molecule has 0 aromatic heterocycles.